The lowest BCUT2D eigenvalue weighted by Crippen LogP contribution is -2.32. The molecule has 7 heteroatoms. The van der Waals surface area contributed by atoms with Gasteiger partial charge in [-0.15, -0.1) is 0 Å². The molecule has 0 unspecified atom stereocenters. The van der Waals surface area contributed by atoms with Gasteiger partial charge in [-0.25, -0.2) is 4.79 Å². The molecule has 1 N–H and O–H groups in total. The molecule has 0 amide bonds. The molecule has 128 valence electrons. The van der Waals surface area contributed by atoms with Gasteiger partial charge < -0.3 is 19.4 Å². The van der Waals surface area contributed by atoms with Crippen molar-refractivity contribution in [3.63, 3.8) is 0 Å². The highest BCUT2D eigenvalue weighted by molar-refractivity contribution is 6.30. The molecule has 0 aliphatic carbocycles. The van der Waals surface area contributed by atoms with Crippen LogP contribution in [0.4, 0.5) is 5.82 Å². The second-order valence-corrected chi connectivity index (χ2v) is 6.43. The molecule has 1 aliphatic rings. The predicted octanol–water partition coefficient (Wildman–Crippen LogP) is 3.23. The Labute approximate surface area is 145 Å². The highest BCUT2D eigenvalue weighted by atomic mass is 35.5. The quantitative estimate of drug-likeness (QED) is 0.863. The van der Waals surface area contributed by atoms with Crippen LogP contribution in [0.15, 0.2) is 28.8 Å². The molecule has 2 heterocycles. The van der Waals surface area contributed by atoms with Crippen LogP contribution < -0.4 is 4.90 Å². The molecule has 1 saturated heterocycles. The van der Waals surface area contributed by atoms with Crippen molar-refractivity contribution in [3.05, 3.63) is 34.9 Å². The van der Waals surface area contributed by atoms with Crippen molar-refractivity contribution in [2.45, 2.75) is 12.8 Å². The average molecular weight is 350 g/mol. The van der Waals surface area contributed by atoms with Crippen molar-refractivity contribution in [1.29, 1.82) is 0 Å². The minimum Gasteiger partial charge on any atom is -0.477 e. The fourth-order valence-electron chi connectivity index (χ4n) is 2.94. The third-order valence-corrected chi connectivity index (χ3v) is 4.56. The molecule has 1 aromatic heterocycles. The van der Waals surface area contributed by atoms with Crippen molar-refractivity contribution < 1.29 is 14.4 Å². The summed E-state index contributed by atoms with van der Waals surface area (Å²) in [6.07, 6.45) is 2.46. The van der Waals surface area contributed by atoms with Crippen LogP contribution in [0.2, 0.25) is 5.02 Å². The summed E-state index contributed by atoms with van der Waals surface area (Å²) in [5.41, 5.74) is 0.727. The first-order valence-corrected chi connectivity index (χ1v) is 8.36. The van der Waals surface area contributed by atoms with Crippen molar-refractivity contribution >= 4 is 23.4 Å². The molecule has 0 bridgehead atoms. The van der Waals surface area contributed by atoms with Crippen LogP contribution in [0, 0.1) is 0 Å². The first kappa shape index (κ1) is 16.8. The Morgan fingerprint density at radius 2 is 2.00 bits per heavy atom. The van der Waals surface area contributed by atoms with Gasteiger partial charge in [0, 0.05) is 30.7 Å². The number of likely N-dealkylation sites (tertiary alicyclic amines) is 1. The largest absolute Gasteiger partial charge is 0.477 e. The first-order chi connectivity index (χ1) is 11.6. The van der Waals surface area contributed by atoms with Crippen LogP contribution in [-0.4, -0.2) is 54.4 Å². The number of carboxylic acid groups (broad SMARTS) is 1. The lowest BCUT2D eigenvalue weighted by molar-refractivity contribution is 0.0698. The average Bonchev–Trinajstić information content (AvgIpc) is 3.22. The molecule has 0 saturated carbocycles. The monoisotopic (exact) mass is 349 g/mol. The molecule has 0 radical (unpaired) electrons. The van der Waals surface area contributed by atoms with E-state index in [1.807, 2.05) is 11.9 Å². The zero-order valence-electron chi connectivity index (χ0n) is 13.5. The Morgan fingerprint density at radius 3 is 2.62 bits per heavy atom. The van der Waals surface area contributed by atoms with E-state index < -0.39 is 5.97 Å². The second kappa shape index (κ2) is 7.23. The van der Waals surface area contributed by atoms with Crippen LogP contribution in [0.25, 0.3) is 11.3 Å². The molecule has 0 atom stereocenters. The lowest BCUT2D eigenvalue weighted by Gasteiger charge is -2.21. The summed E-state index contributed by atoms with van der Waals surface area (Å²) >= 11 is 5.89. The number of hydrogen-bond donors (Lipinski definition) is 1. The topological polar surface area (TPSA) is 69.8 Å². The number of halogens is 1. The van der Waals surface area contributed by atoms with Crippen molar-refractivity contribution in [2.75, 3.05) is 38.1 Å². The van der Waals surface area contributed by atoms with Crippen LogP contribution >= 0.6 is 11.6 Å². The third-order valence-electron chi connectivity index (χ3n) is 4.31. The van der Waals surface area contributed by atoms with Gasteiger partial charge in [-0.05, 0) is 50.2 Å². The molecule has 1 aromatic carbocycles. The summed E-state index contributed by atoms with van der Waals surface area (Å²) in [7, 11) is 1.84. The summed E-state index contributed by atoms with van der Waals surface area (Å²) < 4.78 is 5.35. The van der Waals surface area contributed by atoms with E-state index in [-0.39, 0.29) is 11.3 Å². The minimum absolute atomic E-state index is 0.0845. The number of anilines is 1. The zero-order valence-corrected chi connectivity index (χ0v) is 14.3. The third kappa shape index (κ3) is 3.55. The van der Waals surface area contributed by atoms with E-state index in [4.69, 9.17) is 16.1 Å². The van der Waals surface area contributed by atoms with Crippen molar-refractivity contribution in [2.24, 2.45) is 0 Å². The number of likely N-dealkylation sites (N-methyl/N-ethyl adjacent to an activating group) is 1. The first-order valence-electron chi connectivity index (χ1n) is 7.98. The summed E-state index contributed by atoms with van der Waals surface area (Å²) in [6, 6.07) is 6.84. The van der Waals surface area contributed by atoms with Gasteiger partial charge in [0.15, 0.2) is 17.1 Å². The van der Waals surface area contributed by atoms with Crippen molar-refractivity contribution in [1.82, 2.24) is 10.1 Å². The van der Waals surface area contributed by atoms with E-state index in [9.17, 15) is 9.90 Å². The van der Waals surface area contributed by atoms with E-state index in [1.165, 1.54) is 12.8 Å². The Bertz CT molecular complexity index is 708. The van der Waals surface area contributed by atoms with Crippen LogP contribution in [0.3, 0.4) is 0 Å². The fraction of sp³-hybridized carbons (Fsp3) is 0.412. The fourth-order valence-corrected chi connectivity index (χ4v) is 3.06. The molecular formula is C17H20ClN3O3. The molecule has 6 nitrogen and oxygen atoms in total. The van der Waals surface area contributed by atoms with Crippen LogP contribution in [0.5, 0.6) is 0 Å². The number of carboxylic acids is 1. The zero-order chi connectivity index (χ0) is 17.1. The predicted molar refractivity (Wildman–Crippen MR) is 92.9 cm³/mol. The normalized spacial score (nSPS) is 14.9. The lowest BCUT2D eigenvalue weighted by atomic mass is 10.1. The number of nitrogens with zero attached hydrogens (tertiary/aromatic N) is 3. The highest BCUT2D eigenvalue weighted by Gasteiger charge is 2.26. The van der Waals surface area contributed by atoms with Gasteiger partial charge in [0.25, 0.3) is 0 Å². The van der Waals surface area contributed by atoms with E-state index in [2.05, 4.69) is 10.1 Å². The highest BCUT2D eigenvalue weighted by Crippen LogP contribution is 2.31. The van der Waals surface area contributed by atoms with Gasteiger partial charge in [0.05, 0.1) is 0 Å². The van der Waals surface area contributed by atoms with Gasteiger partial charge in [-0.3, -0.25) is 0 Å². The van der Waals surface area contributed by atoms with Gasteiger partial charge >= 0.3 is 5.97 Å². The van der Waals surface area contributed by atoms with Crippen LogP contribution in [-0.2, 0) is 0 Å². The Hall–Kier alpha value is -2.05. The van der Waals surface area contributed by atoms with Gasteiger partial charge in [-0.1, -0.05) is 16.8 Å². The van der Waals surface area contributed by atoms with Gasteiger partial charge in [0.1, 0.15) is 0 Å². The number of aromatic nitrogens is 1. The molecule has 2 aromatic rings. The SMILES string of the molecule is CN(CCN1CCCC1)c1noc(-c2ccc(Cl)cc2)c1C(=O)O. The number of hydrogen-bond acceptors (Lipinski definition) is 5. The number of carbonyl (C=O) groups is 1. The van der Waals surface area contributed by atoms with E-state index >= 15 is 0 Å². The smallest absolute Gasteiger partial charge is 0.343 e. The standard InChI is InChI=1S/C17H20ClN3O3/c1-20(10-11-21-8-2-3-9-21)16-14(17(22)23)15(24-19-16)12-4-6-13(18)7-5-12/h4-7H,2-3,8-11H2,1H3,(H,22,23). The van der Waals surface area contributed by atoms with E-state index in [0.717, 1.165) is 19.6 Å². The van der Waals surface area contributed by atoms with Crippen molar-refractivity contribution in [3.8, 4) is 11.3 Å². The number of benzene rings is 1. The van der Waals surface area contributed by atoms with Gasteiger partial charge in [-0.2, -0.15) is 0 Å². The second-order valence-electron chi connectivity index (χ2n) is 5.99. The molecule has 3 rings (SSSR count). The molecule has 1 fully saturated rings. The summed E-state index contributed by atoms with van der Waals surface area (Å²) in [4.78, 5) is 16.0. The van der Waals surface area contributed by atoms with Gasteiger partial charge in [0.2, 0.25) is 0 Å². The summed E-state index contributed by atoms with van der Waals surface area (Å²) in [5.74, 6) is -0.446. The number of rotatable bonds is 6. The summed E-state index contributed by atoms with van der Waals surface area (Å²) in [5, 5.41) is 14.2. The Kier molecular flexibility index (Phi) is 5.06. The minimum atomic E-state index is -1.05. The van der Waals surface area contributed by atoms with E-state index in [1.54, 1.807) is 24.3 Å². The van der Waals surface area contributed by atoms with Crippen LogP contribution in [0.1, 0.15) is 23.2 Å². The summed E-state index contributed by atoms with van der Waals surface area (Å²) in [6.45, 7) is 3.80. The molecule has 0 spiro atoms. The maximum absolute atomic E-state index is 11.7. The molecule has 1 aliphatic heterocycles. The Balaban J connectivity index is 1.82. The molecule has 24 heavy (non-hydrogen) atoms. The molecular weight excluding hydrogens is 330 g/mol. The Morgan fingerprint density at radius 1 is 1.33 bits per heavy atom. The maximum Gasteiger partial charge on any atom is 0.343 e. The maximum atomic E-state index is 11.7. The van der Waals surface area contributed by atoms with E-state index in [0.29, 0.717) is 22.9 Å². The number of aromatic carboxylic acids is 1.